The van der Waals surface area contributed by atoms with E-state index in [1.807, 2.05) is 0 Å². The summed E-state index contributed by atoms with van der Waals surface area (Å²) in [6.45, 7) is 0. The van der Waals surface area contributed by atoms with Crippen molar-refractivity contribution < 1.29 is 4.79 Å². The molecule has 2 fully saturated rings. The number of hydrogen-bond acceptors (Lipinski definition) is 1. The Hall–Kier alpha value is -1.11. The van der Waals surface area contributed by atoms with Gasteiger partial charge in [-0.05, 0) is 61.0 Å². The lowest BCUT2D eigenvalue weighted by Gasteiger charge is -2.43. The van der Waals surface area contributed by atoms with Crippen LogP contribution in [0.3, 0.4) is 0 Å². The summed E-state index contributed by atoms with van der Waals surface area (Å²) >= 11 is 0. The Labute approximate surface area is 109 Å². The predicted octanol–water partition coefficient (Wildman–Crippen LogP) is 3.72. The lowest BCUT2D eigenvalue weighted by atomic mass is 9.61. The molecule has 2 saturated carbocycles. The molecule has 18 heavy (non-hydrogen) atoms. The fourth-order valence-corrected chi connectivity index (χ4v) is 4.94. The SMILES string of the molecule is O=C1CCC2C1CCC1c3ccccc3CCC12. The molecule has 1 heteroatoms. The summed E-state index contributed by atoms with van der Waals surface area (Å²) in [6, 6.07) is 9.00. The van der Waals surface area contributed by atoms with E-state index in [0.29, 0.717) is 17.6 Å². The molecule has 4 rings (SSSR count). The van der Waals surface area contributed by atoms with E-state index in [1.165, 1.54) is 25.7 Å². The number of carbonyl (C=O) groups excluding carboxylic acids is 1. The highest BCUT2D eigenvalue weighted by Gasteiger charge is 2.47. The first kappa shape index (κ1) is 10.8. The van der Waals surface area contributed by atoms with E-state index in [1.54, 1.807) is 11.1 Å². The highest BCUT2D eigenvalue weighted by atomic mass is 16.1. The third-order valence-corrected chi connectivity index (χ3v) is 5.71. The van der Waals surface area contributed by atoms with Crippen LogP contribution in [0.15, 0.2) is 24.3 Å². The second kappa shape index (κ2) is 3.94. The Balaban J connectivity index is 1.71. The number of Topliss-reactive ketones (excluding diaryl/α,β-unsaturated/α-hetero) is 1. The molecule has 0 amide bonds. The number of aryl methyl sites for hydroxylation is 1. The molecule has 0 heterocycles. The molecule has 1 nitrogen and oxygen atoms in total. The number of ketones is 1. The van der Waals surface area contributed by atoms with E-state index >= 15 is 0 Å². The molecule has 0 aliphatic heterocycles. The van der Waals surface area contributed by atoms with Gasteiger partial charge >= 0.3 is 0 Å². The lowest BCUT2D eigenvalue weighted by Crippen LogP contribution is -2.35. The Bertz CT molecular complexity index is 490. The van der Waals surface area contributed by atoms with E-state index in [9.17, 15) is 4.79 Å². The van der Waals surface area contributed by atoms with Gasteiger partial charge in [0.2, 0.25) is 0 Å². The summed E-state index contributed by atoms with van der Waals surface area (Å²) in [5, 5.41) is 0. The zero-order chi connectivity index (χ0) is 12.1. The van der Waals surface area contributed by atoms with E-state index < -0.39 is 0 Å². The van der Waals surface area contributed by atoms with Gasteiger partial charge in [-0.2, -0.15) is 0 Å². The highest BCUT2D eigenvalue weighted by Crippen LogP contribution is 2.53. The van der Waals surface area contributed by atoms with Crippen LogP contribution in [0.2, 0.25) is 0 Å². The Morgan fingerprint density at radius 3 is 2.50 bits per heavy atom. The van der Waals surface area contributed by atoms with Crippen molar-refractivity contribution in [2.75, 3.05) is 0 Å². The minimum atomic E-state index is 0.427. The standard InChI is InChI=1S/C17H20O/c18-17-10-9-15-14-6-5-11-3-1-2-4-12(11)13(14)7-8-16(15)17/h1-4,13-16H,5-10H2. The molecule has 0 saturated heterocycles. The second-order valence-electron chi connectivity index (χ2n) is 6.36. The van der Waals surface area contributed by atoms with Crippen molar-refractivity contribution in [3.05, 3.63) is 35.4 Å². The summed E-state index contributed by atoms with van der Waals surface area (Å²) in [7, 11) is 0. The molecular formula is C17H20O. The number of carbonyl (C=O) groups is 1. The molecular weight excluding hydrogens is 220 g/mol. The quantitative estimate of drug-likeness (QED) is 0.675. The Kier molecular flexibility index (Phi) is 2.36. The summed E-state index contributed by atoms with van der Waals surface area (Å²) in [5.41, 5.74) is 3.17. The first-order valence-electron chi connectivity index (χ1n) is 7.45. The summed E-state index contributed by atoms with van der Waals surface area (Å²) in [5.74, 6) is 3.26. The average Bonchev–Trinajstić information content (AvgIpc) is 2.80. The molecule has 0 spiro atoms. The maximum atomic E-state index is 11.9. The normalized spacial score (nSPS) is 37.9. The van der Waals surface area contributed by atoms with Crippen LogP contribution in [0.5, 0.6) is 0 Å². The topological polar surface area (TPSA) is 17.1 Å². The minimum absolute atomic E-state index is 0.427. The van der Waals surface area contributed by atoms with Gasteiger partial charge in [-0.25, -0.2) is 0 Å². The van der Waals surface area contributed by atoms with Crippen molar-refractivity contribution in [1.29, 1.82) is 0 Å². The minimum Gasteiger partial charge on any atom is -0.299 e. The number of fused-ring (bicyclic) bond motifs is 5. The summed E-state index contributed by atoms with van der Waals surface area (Å²) in [6.07, 6.45) is 6.98. The number of rotatable bonds is 0. The molecule has 3 aliphatic carbocycles. The van der Waals surface area contributed by atoms with Gasteiger partial charge in [0, 0.05) is 12.3 Å². The van der Waals surface area contributed by atoms with E-state index in [-0.39, 0.29) is 0 Å². The lowest BCUT2D eigenvalue weighted by molar-refractivity contribution is -0.122. The van der Waals surface area contributed by atoms with Crippen LogP contribution < -0.4 is 0 Å². The van der Waals surface area contributed by atoms with Gasteiger partial charge < -0.3 is 0 Å². The van der Waals surface area contributed by atoms with E-state index in [4.69, 9.17) is 0 Å². The zero-order valence-corrected chi connectivity index (χ0v) is 10.8. The molecule has 0 aromatic heterocycles. The number of benzene rings is 1. The van der Waals surface area contributed by atoms with Crippen LogP contribution in [-0.2, 0) is 11.2 Å². The molecule has 0 N–H and O–H groups in total. The van der Waals surface area contributed by atoms with E-state index in [0.717, 1.165) is 24.7 Å². The fraction of sp³-hybridized carbons (Fsp3) is 0.588. The molecule has 1 aromatic carbocycles. The van der Waals surface area contributed by atoms with Gasteiger partial charge in [-0.1, -0.05) is 24.3 Å². The van der Waals surface area contributed by atoms with Crippen LogP contribution in [0.25, 0.3) is 0 Å². The molecule has 0 bridgehead atoms. The van der Waals surface area contributed by atoms with Crippen LogP contribution in [0.4, 0.5) is 0 Å². The molecule has 0 radical (unpaired) electrons. The van der Waals surface area contributed by atoms with Crippen molar-refractivity contribution in [2.24, 2.45) is 17.8 Å². The van der Waals surface area contributed by atoms with Crippen molar-refractivity contribution in [2.45, 2.75) is 44.4 Å². The summed E-state index contributed by atoms with van der Waals surface area (Å²) in [4.78, 5) is 11.9. The maximum Gasteiger partial charge on any atom is 0.136 e. The molecule has 1 aromatic rings. The van der Waals surface area contributed by atoms with Crippen LogP contribution >= 0.6 is 0 Å². The van der Waals surface area contributed by atoms with Gasteiger partial charge in [-0.15, -0.1) is 0 Å². The Morgan fingerprint density at radius 1 is 0.833 bits per heavy atom. The number of hydrogen-bond donors (Lipinski definition) is 0. The van der Waals surface area contributed by atoms with Crippen molar-refractivity contribution >= 4 is 5.78 Å². The third-order valence-electron chi connectivity index (χ3n) is 5.71. The van der Waals surface area contributed by atoms with Gasteiger partial charge in [0.1, 0.15) is 5.78 Å². The van der Waals surface area contributed by atoms with Crippen molar-refractivity contribution in [3.8, 4) is 0 Å². The molecule has 4 unspecified atom stereocenters. The first-order valence-corrected chi connectivity index (χ1v) is 7.45. The van der Waals surface area contributed by atoms with Crippen LogP contribution in [-0.4, -0.2) is 5.78 Å². The maximum absolute atomic E-state index is 11.9. The zero-order valence-electron chi connectivity index (χ0n) is 10.8. The third kappa shape index (κ3) is 1.43. The van der Waals surface area contributed by atoms with Crippen molar-refractivity contribution in [1.82, 2.24) is 0 Å². The summed E-state index contributed by atoms with van der Waals surface area (Å²) < 4.78 is 0. The largest absolute Gasteiger partial charge is 0.299 e. The fourth-order valence-electron chi connectivity index (χ4n) is 4.94. The highest BCUT2D eigenvalue weighted by molar-refractivity contribution is 5.83. The smallest absolute Gasteiger partial charge is 0.136 e. The predicted molar refractivity (Wildman–Crippen MR) is 71.4 cm³/mol. The van der Waals surface area contributed by atoms with E-state index in [2.05, 4.69) is 24.3 Å². The van der Waals surface area contributed by atoms with Gasteiger partial charge in [0.05, 0.1) is 0 Å². The molecule has 3 aliphatic rings. The Morgan fingerprint density at radius 2 is 1.56 bits per heavy atom. The monoisotopic (exact) mass is 240 g/mol. The van der Waals surface area contributed by atoms with Gasteiger partial charge in [0.15, 0.2) is 0 Å². The molecule has 94 valence electrons. The molecule has 4 atom stereocenters. The average molecular weight is 240 g/mol. The van der Waals surface area contributed by atoms with Gasteiger partial charge in [-0.3, -0.25) is 4.79 Å². The first-order chi connectivity index (χ1) is 8.84. The second-order valence-corrected chi connectivity index (χ2v) is 6.36. The van der Waals surface area contributed by atoms with Gasteiger partial charge in [0.25, 0.3) is 0 Å². The van der Waals surface area contributed by atoms with Crippen LogP contribution in [0.1, 0.15) is 49.1 Å². The van der Waals surface area contributed by atoms with Crippen LogP contribution in [0, 0.1) is 17.8 Å². The van der Waals surface area contributed by atoms with Crippen molar-refractivity contribution in [3.63, 3.8) is 0 Å².